The molecular weight excluding hydrogens is 234 g/mol. The van der Waals surface area contributed by atoms with Crippen LogP contribution in [0.25, 0.3) is 0 Å². The summed E-state index contributed by atoms with van der Waals surface area (Å²) in [5, 5.41) is 6.93. The number of anilines is 2. The van der Waals surface area contributed by atoms with Gasteiger partial charge < -0.3 is 15.5 Å². The molecule has 19 heavy (non-hydrogen) atoms. The third-order valence-corrected chi connectivity index (χ3v) is 3.45. The molecule has 0 saturated carbocycles. The monoisotopic (exact) mass is 261 g/mol. The number of benzene rings is 1. The van der Waals surface area contributed by atoms with E-state index < -0.39 is 0 Å². The molecule has 0 aliphatic carbocycles. The maximum Gasteiger partial charge on any atom is 0.0367 e. The third kappa shape index (κ3) is 4.75. The second-order valence-corrected chi connectivity index (χ2v) is 6.34. The summed E-state index contributed by atoms with van der Waals surface area (Å²) in [7, 11) is 0. The van der Waals surface area contributed by atoms with Gasteiger partial charge in [0.15, 0.2) is 0 Å². The molecule has 0 unspecified atom stereocenters. The van der Waals surface area contributed by atoms with E-state index in [4.69, 9.17) is 0 Å². The first-order valence-corrected chi connectivity index (χ1v) is 7.38. The van der Waals surface area contributed by atoms with E-state index >= 15 is 0 Å². The molecule has 0 amide bonds. The molecule has 1 heterocycles. The van der Waals surface area contributed by atoms with E-state index in [1.54, 1.807) is 0 Å². The van der Waals surface area contributed by atoms with Gasteiger partial charge in [-0.2, -0.15) is 0 Å². The van der Waals surface area contributed by atoms with Crippen LogP contribution in [0.2, 0.25) is 0 Å². The van der Waals surface area contributed by atoms with Gasteiger partial charge in [0.2, 0.25) is 0 Å². The van der Waals surface area contributed by atoms with Crippen molar-refractivity contribution in [3.8, 4) is 0 Å². The number of hydrogen-bond acceptors (Lipinski definition) is 3. The summed E-state index contributed by atoms with van der Waals surface area (Å²) in [6.45, 7) is 10.9. The predicted molar refractivity (Wildman–Crippen MR) is 84.1 cm³/mol. The van der Waals surface area contributed by atoms with Crippen molar-refractivity contribution < 1.29 is 0 Å². The number of nitrogens with zero attached hydrogens (tertiary/aromatic N) is 1. The molecule has 0 bridgehead atoms. The Labute approximate surface area is 117 Å². The average molecular weight is 261 g/mol. The van der Waals surface area contributed by atoms with Gasteiger partial charge in [0.25, 0.3) is 0 Å². The molecule has 3 heteroatoms. The van der Waals surface area contributed by atoms with Crippen LogP contribution in [0.15, 0.2) is 24.3 Å². The summed E-state index contributed by atoms with van der Waals surface area (Å²) in [6.07, 6.45) is 2.66. The smallest absolute Gasteiger partial charge is 0.0367 e. The number of hydrogen-bond donors (Lipinski definition) is 2. The molecule has 1 aliphatic heterocycles. The first-order chi connectivity index (χ1) is 9.04. The van der Waals surface area contributed by atoms with Gasteiger partial charge in [-0.25, -0.2) is 0 Å². The highest BCUT2D eigenvalue weighted by atomic mass is 15.1. The molecule has 0 atom stereocenters. The first kappa shape index (κ1) is 14.2. The predicted octanol–water partition coefficient (Wildman–Crippen LogP) is 3.09. The Kier molecular flexibility index (Phi) is 4.70. The molecule has 0 aromatic heterocycles. The number of rotatable bonds is 5. The molecule has 2 rings (SSSR count). The third-order valence-electron chi connectivity index (χ3n) is 3.45. The largest absolute Gasteiger partial charge is 0.384 e. The van der Waals surface area contributed by atoms with Gasteiger partial charge in [-0.3, -0.25) is 0 Å². The van der Waals surface area contributed by atoms with Crippen molar-refractivity contribution in [2.75, 3.05) is 36.4 Å². The Balaban J connectivity index is 1.75. The highest BCUT2D eigenvalue weighted by Crippen LogP contribution is 2.21. The molecular formula is C16H27N3. The van der Waals surface area contributed by atoms with Gasteiger partial charge in [-0.05, 0) is 57.9 Å². The van der Waals surface area contributed by atoms with Crippen LogP contribution in [0, 0.1) is 0 Å². The molecule has 1 aromatic carbocycles. The lowest BCUT2D eigenvalue weighted by Gasteiger charge is -2.21. The standard InChI is InChI=1S/C16H27N3/c1-16(2,3)18-11-10-17-14-6-8-15(9-7-14)19-12-4-5-13-19/h6-9,17-18H,4-5,10-13H2,1-3H3. The van der Waals surface area contributed by atoms with Crippen molar-refractivity contribution >= 4 is 11.4 Å². The zero-order valence-electron chi connectivity index (χ0n) is 12.5. The average Bonchev–Trinajstić information content (AvgIpc) is 2.88. The van der Waals surface area contributed by atoms with Crippen molar-refractivity contribution in [2.24, 2.45) is 0 Å². The van der Waals surface area contributed by atoms with Gasteiger partial charge in [-0.1, -0.05) is 0 Å². The fraction of sp³-hybridized carbons (Fsp3) is 0.625. The van der Waals surface area contributed by atoms with Crippen LogP contribution in [0.5, 0.6) is 0 Å². The molecule has 0 radical (unpaired) electrons. The molecule has 1 aromatic rings. The zero-order chi connectivity index (χ0) is 13.7. The highest BCUT2D eigenvalue weighted by molar-refractivity contribution is 5.55. The second kappa shape index (κ2) is 6.29. The van der Waals surface area contributed by atoms with Gasteiger partial charge in [-0.15, -0.1) is 0 Å². The molecule has 2 N–H and O–H groups in total. The van der Waals surface area contributed by atoms with Crippen molar-refractivity contribution in [1.29, 1.82) is 0 Å². The van der Waals surface area contributed by atoms with Crippen LogP contribution < -0.4 is 15.5 Å². The number of nitrogens with one attached hydrogen (secondary N) is 2. The Morgan fingerprint density at radius 3 is 2.21 bits per heavy atom. The van der Waals surface area contributed by atoms with E-state index in [2.05, 4.69) is 60.6 Å². The molecule has 1 fully saturated rings. The minimum Gasteiger partial charge on any atom is -0.384 e. The van der Waals surface area contributed by atoms with E-state index in [1.165, 1.54) is 37.3 Å². The van der Waals surface area contributed by atoms with E-state index in [-0.39, 0.29) is 5.54 Å². The SMILES string of the molecule is CC(C)(C)NCCNc1ccc(N2CCCC2)cc1. The van der Waals surface area contributed by atoms with Gasteiger partial charge >= 0.3 is 0 Å². The summed E-state index contributed by atoms with van der Waals surface area (Å²) in [6, 6.07) is 8.82. The van der Waals surface area contributed by atoms with Crippen LogP contribution >= 0.6 is 0 Å². The van der Waals surface area contributed by atoms with Crippen LogP contribution in [-0.2, 0) is 0 Å². The van der Waals surface area contributed by atoms with E-state index in [1.807, 2.05) is 0 Å². The van der Waals surface area contributed by atoms with Gasteiger partial charge in [0, 0.05) is 43.1 Å². The highest BCUT2D eigenvalue weighted by Gasteiger charge is 2.11. The lowest BCUT2D eigenvalue weighted by molar-refractivity contribution is 0.435. The zero-order valence-corrected chi connectivity index (χ0v) is 12.5. The Hall–Kier alpha value is -1.22. The van der Waals surface area contributed by atoms with Crippen molar-refractivity contribution in [2.45, 2.75) is 39.2 Å². The second-order valence-electron chi connectivity index (χ2n) is 6.34. The summed E-state index contributed by atoms with van der Waals surface area (Å²) in [5.41, 5.74) is 2.76. The van der Waals surface area contributed by atoms with Gasteiger partial charge in [0.1, 0.15) is 0 Å². The normalized spacial score (nSPS) is 15.8. The first-order valence-electron chi connectivity index (χ1n) is 7.38. The quantitative estimate of drug-likeness (QED) is 0.798. The Morgan fingerprint density at radius 2 is 1.63 bits per heavy atom. The molecule has 106 valence electrons. The molecule has 3 nitrogen and oxygen atoms in total. The summed E-state index contributed by atoms with van der Waals surface area (Å²) >= 11 is 0. The summed E-state index contributed by atoms with van der Waals surface area (Å²) in [5.74, 6) is 0. The lowest BCUT2D eigenvalue weighted by atomic mass is 10.1. The van der Waals surface area contributed by atoms with Gasteiger partial charge in [0.05, 0.1) is 0 Å². The molecule has 0 spiro atoms. The fourth-order valence-electron chi connectivity index (χ4n) is 2.41. The van der Waals surface area contributed by atoms with Crippen LogP contribution in [0.1, 0.15) is 33.6 Å². The maximum atomic E-state index is 3.48. The van der Waals surface area contributed by atoms with Crippen LogP contribution in [0.3, 0.4) is 0 Å². The molecule has 1 aliphatic rings. The van der Waals surface area contributed by atoms with Crippen molar-refractivity contribution in [3.63, 3.8) is 0 Å². The van der Waals surface area contributed by atoms with Crippen molar-refractivity contribution in [1.82, 2.24) is 5.32 Å². The topological polar surface area (TPSA) is 27.3 Å². The van der Waals surface area contributed by atoms with Crippen LogP contribution in [-0.4, -0.2) is 31.7 Å². The fourth-order valence-corrected chi connectivity index (χ4v) is 2.41. The minimum absolute atomic E-state index is 0.196. The van der Waals surface area contributed by atoms with Crippen LogP contribution in [0.4, 0.5) is 11.4 Å². The minimum atomic E-state index is 0.196. The summed E-state index contributed by atoms with van der Waals surface area (Å²) in [4.78, 5) is 2.46. The lowest BCUT2D eigenvalue weighted by Crippen LogP contribution is -2.38. The van der Waals surface area contributed by atoms with E-state index in [9.17, 15) is 0 Å². The maximum absolute atomic E-state index is 3.48. The Morgan fingerprint density at radius 1 is 1.00 bits per heavy atom. The molecule has 1 saturated heterocycles. The van der Waals surface area contributed by atoms with E-state index in [0.29, 0.717) is 0 Å². The summed E-state index contributed by atoms with van der Waals surface area (Å²) < 4.78 is 0. The van der Waals surface area contributed by atoms with Crippen molar-refractivity contribution in [3.05, 3.63) is 24.3 Å². The van der Waals surface area contributed by atoms with E-state index in [0.717, 1.165) is 13.1 Å². The Bertz CT molecular complexity index is 372.